The van der Waals surface area contributed by atoms with Crippen LogP contribution in [-0.4, -0.2) is 24.5 Å². The van der Waals surface area contributed by atoms with Gasteiger partial charge in [0.15, 0.2) is 17.2 Å². The van der Waals surface area contributed by atoms with Crippen LogP contribution in [0.1, 0.15) is 0 Å². The van der Waals surface area contributed by atoms with Crippen molar-refractivity contribution in [1.82, 2.24) is 24.5 Å². The molecule has 0 aliphatic carbocycles. The number of aromatic nitrogens is 5. The zero-order chi connectivity index (χ0) is 29.0. The van der Waals surface area contributed by atoms with Gasteiger partial charge in [-0.3, -0.25) is 4.57 Å². The third-order valence-electron chi connectivity index (χ3n) is 8.06. The maximum Gasteiger partial charge on any atom is 0.238 e. The molecule has 0 amide bonds. The lowest BCUT2D eigenvalue weighted by atomic mass is 10.1. The third kappa shape index (κ3) is 3.89. The molecular weight excluding hydrogens is 542 g/mol. The molecule has 0 spiro atoms. The number of rotatable bonds is 4. The second kappa shape index (κ2) is 9.71. The summed E-state index contributed by atoms with van der Waals surface area (Å²) < 4.78 is 8.69. The van der Waals surface area contributed by atoms with Gasteiger partial charge in [0.05, 0.1) is 5.52 Å². The lowest BCUT2D eigenvalue weighted by molar-refractivity contribution is 0.621. The fourth-order valence-electron chi connectivity index (χ4n) is 5.98. The Hall–Kier alpha value is -6.14. The minimum Gasteiger partial charge on any atom is -0.434 e. The molecule has 9 aromatic rings. The summed E-state index contributed by atoms with van der Waals surface area (Å²) in [5.41, 5.74) is 6.05. The zero-order valence-corrected chi connectivity index (χ0v) is 23.4. The van der Waals surface area contributed by atoms with Gasteiger partial charge < -0.3 is 4.42 Å². The molecule has 0 fully saturated rings. The second-order valence-electron chi connectivity index (χ2n) is 10.8. The van der Waals surface area contributed by atoms with Crippen molar-refractivity contribution >= 4 is 43.7 Å². The van der Waals surface area contributed by atoms with E-state index in [1.54, 1.807) is 0 Å². The lowest BCUT2D eigenvalue weighted by Crippen LogP contribution is -2.06. The van der Waals surface area contributed by atoms with Gasteiger partial charge in [-0.2, -0.15) is 9.97 Å². The zero-order valence-electron chi connectivity index (χ0n) is 23.4. The normalized spacial score (nSPS) is 11.6. The van der Waals surface area contributed by atoms with Gasteiger partial charge >= 0.3 is 0 Å². The van der Waals surface area contributed by atoms with E-state index in [0.717, 1.165) is 54.8 Å². The van der Waals surface area contributed by atoms with E-state index in [1.807, 2.05) is 97.1 Å². The molecule has 0 N–H and O–H groups in total. The minimum atomic E-state index is 0.512. The van der Waals surface area contributed by atoms with E-state index >= 15 is 0 Å². The summed E-state index contributed by atoms with van der Waals surface area (Å²) in [4.78, 5) is 20.0. The molecule has 0 saturated carbocycles. The highest BCUT2D eigenvalue weighted by atomic mass is 16.3. The van der Waals surface area contributed by atoms with Crippen LogP contribution >= 0.6 is 0 Å². The van der Waals surface area contributed by atoms with Crippen molar-refractivity contribution in [1.29, 1.82) is 0 Å². The number of benzene rings is 6. The first-order valence-corrected chi connectivity index (χ1v) is 14.5. The summed E-state index contributed by atoms with van der Waals surface area (Å²) >= 11 is 0. The second-order valence-corrected chi connectivity index (χ2v) is 10.8. The predicted octanol–water partition coefficient (Wildman–Crippen LogP) is 9.26. The molecule has 0 atom stereocenters. The Balaban J connectivity index is 1.42. The molecule has 3 aromatic heterocycles. The molecule has 0 saturated heterocycles. The van der Waals surface area contributed by atoms with Gasteiger partial charge in [-0.15, -0.1) is 0 Å². The summed E-state index contributed by atoms with van der Waals surface area (Å²) in [7, 11) is 0. The lowest BCUT2D eigenvalue weighted by Gasteiger charge is -2.11. The van der Waals surface area contributed by atoms with E-state index in [2.05, 4.69) is 47.0 Å². The summed E-state index contributed by atoms with van der Waals surface area (Å²) in [6, 6.07) is 47.0. The molecule has 0 unspecified atom stereocenters. The van der Waals surface area contributed by atoms with Gasteiger partial charge in [0, 0.05) is 27.5 Å². The fraction of sp³-hybridized carbons (Fsp3) is 0. The Morgan fingerprint density at radius 1 is 0.477 bits per heavy atom. The monoisotopic (exact) mass is 565 g/mol. The van der Waals surface area contributed by atoms with Crippen LogP contribution in [0.2, 0.25) is 0 Å². The minimum absolute atomic E-state index is 0.512. The van der Waals surface area contributed by atoms with Gasteiger partial charge in [0.2, 0.25) is 11.8 Å². The van der Waals surface area contributed by atoms with E-state index in [9.17, 15) is 0 Å². The van der Waals surface area contributed by atoms with Crippen LogP contribution in [0, 0.1) is 0 Å². The van der Waals surface area contributed by atoms with Gasteiger partial charge in [0.1, 0.15) is 11.0 Å². The fourth-order valence-corrected chi connectivity index (χ4v) is 5.98. The number of fused-ring (bicyclic) bond motifs is 6. The Morgan fingerprint density at radius 2 is 1.05 bits per heavy atom. The van der Waals surface area contributed by atoms with Crippen molar-refractivity contribution in [2.75, 3.05) is 0 Å². The molecule has 3 heterocycles. The standard InChI is InChI=1S/C38H23N5O/c1-4-12-24(13-5-1)35-40-36(25-14-6-2-7-15-25)42-38(41-35)43-32-23-28-19-11-10-18-27(28)22-30(32)29-20-21-31-34(33(29)43)44-37(39-31)26-16-8-3-9-17-26/h1-23H. The van der Waals surface area contributed by atoms with Crippen molar-refractivity contribution in [2.24, 2.45) is 0 Å². The Labute approximate surface area is 251 Å². The molecular formula is C38H23N5O. The van der Waals surface area contributed by atoms with E-state index in [-0.39, 0.29) is 0 Å². The number of oxazole rings is 1. The van der Waals surface area contributed by atoms with Crippen LogP contribution < -0.4 is 0 Å². The maximum atomic E-state index is 6.58. The summed E-state index contributed by atoms with van der Waals surface area (Å²) in [5, 5.41) is 4.41. The van der Waals surface area contributed by atoms with E-state index < -0.39 is 0 Å². The van der Waals surface area contributed by atoms with E-state index in [4.69, 9.17) is 24.4 Å². The number of nitrogens with zero attached hydrogens (tertiary/aromatic N) is 5. The van der Waals surface area contributed by atoms with Crippen molar-refractivity contribution in [3.8, 4) is 40.2 Å². The van der Waals surface area contributed by atoms with Crippen molar-refractivity contribution in [2.45, 2.75) is 0 Å². The first-order chi connectivity index (χ1) is 21.8. The van der Waals surface area contributed by atoms with Gasteiger partial charge in [0.25, 0.3) is 0 Å². The largest absolute Gasteiger partial charge is 0.434 e. The molecule has 6 aromatic carbocycles. The van der Waals surface area contributed by atoms with Gasteiger partial charge in [-0.1, -0.05) is 103 Å². The first kappa shape index (κ1) is 24.5. The summed E-state index contributed by atoms with van der Waals surface area (Å²) in [6.45, 7) is 0. The van der Waals surface area contributed by atoms with Crippen molar-refractivity contribution < 1.29 is 4.42 Å². The van der Waals surface area contributed by atoms with Crippen LogP contribution in [-0.2, 0) is 0 Å². The Kier molecular flexibility index (Phi) is 5.40. The smallest absolute Gasteiger partial charge is 0.238 e. The highest BCUT2D eigenvalue weighted by Crippen LogP contribution is 2.39. The first-order valence-electron chi connectivity index (χ1n) is 14.5. The highest BCUT2D eigenvalue weighted by Gasteiger charge is 2.22. The van der Waals surface area contributed by atoms with Crippen molar-refractivity contribution in [3.05, 3.63) is 140 Å². The molecule has 6 heteroatoms. The predicted molar refractivity (Wildman–Crippen MR) is 176 cm³/mol. The molecule has 0 aliphatic rings. The average molecular weight is 566 g/mol. The van der Waals surface area contributed by atoms with Crippen LogP contribution in [0.15, 0.2) is 144 Å². The molecule has 0 aliphatic heterocycles. The molecule has 206 valence electrons. The SMILES string of the molecule is c1ccc(-c2nc(-c3ccccc3)nc(-n3c4cc5ccccc5cc4c4ccc5nc(-c6ccccc6)oc5c43)n2)cc1. The van der Waals surface area contributed by atoms with Crippen LogP contribution in [0.25, 0.3) is 83.9 Å². The number of hydrogen-bond acceptors (Lipinski definition) is 5. The van der Waals surface area contributed by atoms with E-state index in [0.29, 0.717) is 29.1 Å². The Morgan fingerprint density at radius 3 is 1.68 bits per heavy atom. The molecule has 9 rings (SSSR count). The summed E-state index contributed by atoms with van der Waals surface area (Å²) in [6.07, 6.45) is 0. The molecule has 44 heavy (non-hydrogen) atoms. The average Bonchev–Trinajstić information content (AvgIpc) is 3.67. The summed E-state index contributed by atoms with van der Waals surface area (Å²) in [5.74, 6) is 2.28. The topological polar surface area (TPSA) is 69.6 Å². The van der Waals surface area contributed by atoms with Gasteiger partial charge in [-0.25, -0.2) is 9.97 Å². The Bertz CT molecular complexity index is 2430. The molecule has 0 bridgehead atoms. The third-order valence-corrected chi connectivity index (χ3v) is 8.06. The highest BCUT2D eigenvalue weighted by molar-refractivity contribution is 6.19. The quantitative estimate of drug-likeness (QED) is 0.213. The molecule has 0 radical (unpaired) electrons. The van der Waals surface area contributed by atoms with Gasteiger partial charge in [-0.05, 0) is 47.2 Å². The van der Waals surface area contributed by atoms with Crippen LogP contribution in [0.4, 0.5) is 0 Å². The van der Waals surface area contributed by atoms with Crippen LogP contribution in [0.3, 0.4) is 0 Å². The molecule has 6 nitrogen and oxygen atoms in total. The number of hydrogen-bond donors (Lipinski definition) is 0. The van der Waals surface area contributed by atoms with E-state index in [1.165, 1.54) is 0 Å². The maximum absolute atomic E-state index is 6.58. The van der Waals surface area contributed by atoms with Crippen LogP contribution in [0.5, 0.6) is 0 Å². The van der Waals surface area contributed by atoms with Crippen molar-refractivity contribution in [3.63, 3.8) is 0 Å².